The summed E-state index contributed by atoms with van der Waals surface area (Å²) in [4.78, 5) is 24.0. The number of carbonyl (C=O) groups is 2. The molecule has 0 fully saturated rings. The first-order chi connectivity index (χ1) is 7.25. The van der Waals surface area contributed by atoms with Crippen molar-refractivity contribution in [1.82, 2.24) is 10.2 Å². The summed E-state index contributed by atoms with van der Waals surface area (Å²) >= 11 is 0. The van der Waals surface area contributed by atoms with Crippen molar-refractivity contribution < 1.29 is 14.7 Å². The summed E-state index contributed by atoms with van der Waals surface area (Å²) in [5.74, 6) is -0.690. The van der Waals surface area contributed by atoms with Gasteiger partial charge in [0.1, 0.15) is 6.04 Å². The predicted octanol–water partition coefficient (Wildman–Crippen LogP) is 0.552. The van der Waals surface area contributed by atoms with E-state index in [-0.39, 0.29) is 5.91 Å². The van der Waals surface area contributed by atoms with E-state index in [0.29, 0.717) is 12.3 Å². The topological polar surface area (TPSA) is 69.6 Å². The molecule has 94 valence electrons. The smallest absolute Gasteiger partial charge is 0.320 e. The van der Waals surface area contributed by atoms with E-state index in [4.69, 9.17) is 5.11 Å². The molecule has 0 aliphatic carbocycles. The van der Waals surface area contributed by atoms with Crippen LogP contribution in [0.25, 0.3) is 0 Å². The van der Waals surface area contributed by atoms with Gasteiger partial charge in [-0.25, -0.2) is 0 Å². The number of carboxylic acids is 1. The largest absolute Gasteiger partial charge is 0.480 e. The van der Waals surface area contributed by atoms with Crippen LogP contribution in [0.15, 0.2) is 0 Å². The molecule has 2 unspecified atom stereocenters. The second-order valence-electron chi connectivity index (χ2n) is 4.64. The molecule has 5 nitrogen and oxygen atoms in total. The molecule has 0 aliphatic heterocycles. The molecule has 5 heteroatoms. The second kappa shape index (κ2) is 6.48. The molecule has 0 aromatic rings. The van der Waals surface area contributed by atoms with Crippen molar-refractivity contribution >= 4 is 11.9 Å². The lowest BCUT2D eigenvalue weighted by atomic mass is 10.0. The Morgan fingerprint density at radius 2 is 1.75 bits per heavy atom. The standard InChI is InChI=1S/C11H22N2O3/c1-7(2)6-9(10(14)13(4)5)12-8(3)11(15)16/h7-9,12H,6H2,1-5H3,(H,15,16). The minimum atomic E-state index is -0.944. The third kappa shape index (κ3) is 5.11. The fraction of sp³-hybridized carbons (Fsp3) is 0.818. The minimum absolute atomic E-state index is 0.0817. The first-order valence-electron chi connectivity index (χ1n) is 5.45. The van der Waals surface area contributed by atoms with Crippen LogP contribution in [0.4, 0.5) is 0 Å². The molecule has 1 amide bonds. The van der Waals surface area contributed by atoms with Gasteiger partial charge in [0.25, 0.3) is 0 Å². The highest BCUT2D eigenvalue weighted by molar-refractivity contribution is 5.82. The summed E-state index contributed by atoms with van der Waals surface area (Å²) in [6, 6.07) is -1.14. The molecule has 0 radical (unpaired) electrons. The summed E-state index contributed by atoms with van der Waals surface area (Å²) in [7, 11) is 3.34. The van der Waals surface area contributed by atoms with Gasteiger partial charge >= 0.3 is 5.97 Å². The number of amides is 1. The molecule has 0 aromatic heterocycles. The average molecular weight is 230 g/mol. The van der Waals surface area contributed by atoms with Gasteiger partial charge in [0.2, 0.25) is 5.91 Å². The van der Waals surface area contributed by atoms with Gasteiger partial charge in [-0.2, -0.15) is 0 Å². The molecule has 0 saturated heterocycles. The summed E-state index contributed by atoms with van der Waals surface area (Å²) in [6.45, 7) is 5.55. The fourth-order valence-electron chi connectivity index (χ4n) is 1.40. The molecular formula is C11H22N2O3. The van der Waals surface area contributed by atoms with Crippen molar-refractivity contribution in [2.45, 2.75) is 39.3 Å². The van der Waals surface area contributed by atoms with Crippen LogP contribution in [0.2, 0.25) is 0 Å². The molecule has 2 N–H and O–H groups in total. The van der Waals surface area contributed by atoms with Crippen molar-refractivity contribution in [2.24, 2.45) is 5.92 Å². The van der Waals surface area contributed by atoms with Gasteiger partial charge in [0.15, 0.2) is 0 Å². The number of nitrogens with zero attached hydrogens (tertiary/aromatic N) is 1. The normalized spacial score (nSPS) is 14.6. The maximum atomic E-state index is 11.8. The van der Waals surface area contributed by atoms with Gasteiger partial charge in [-0.1, -0.05) is 13.8 Å². The predicted molar refractivity (Wildman–Crippen MR) is 62.2 cm³/mol. The highest BCUT2D eigenvalue weighted by Crippen LogP contribution is 2.07. The Bertz CT molecular complexity index is 252. The van der Waals surface area contributed by atoms with Crippen LogP contribution >= 0.6 is 0 Å². The van der Waals surface area contributed by atoms with E-state index in [0.717, 1.165) is 0 Å². The first kappa shape index (κ1) is 14.9. The molecule has 0 aromatic carbocycles. The first-order valence-corrected chi connectivity index (χ1v) is 5.45. The monoisotopic (exact) mass is 230 g/mol. The van der Waals surface area contributed by atoms with E-state index >= 15 is 0 Å². The Morgan fingerprint density at radius 1 is 1.25 bits per heavy atom. The molecule has 0 aliphatic rings. The Hall–Kier alpha value is -1.10. The van der Waals surface area contributed by atoms with Crippen molar-refractivity contribution in [1.29, 1.82) is 0 Å². The van der Waals surface area contributed by atoms with Crippen LogP contribution in [0.5, 0.6) is 0 Å². The molecule has 16 heavy (non-hydrogen) atoms. The van der Waals surface area contributed by atoms with Gasteiger partial charge in [0, 0.05) is 14.1 Å². The lowest BCUT2D eigenvalue weighted by molar-refractivity contribution is -0.140. The number of likely N-dealkylation sites (N-methyl/N-ethyl adjacent to an activating group) is 1. The van der Waals surface area contributed by atoms with Gasteiger partial charge in [-0.15, -0.1) is 0 Å². The maximum absolute atomic E-state index is 11.8. The third-order valence-electron chi connectivity index (χ3n) is 2.27. The van der Waals surface area contributed by atoms with Crippen LogP contribution in [0.1, 0.15) is 27.2 Å². The summed E-state index contributed by atoms with van der Waals surface area (Å²) in [5, 5.41) is 11.6. The third-order valence-corrected chi connectivity index (χ3v) is 2.27. The second-order valence-corrected chi connectivity index (χ2v) is 4.64. The quantitative estimate of drug-likeness (QED) is 0.699. The molecule has 0 heterocycles. The fourth-order valence-corrected chi connectivity index (χ4v) is 1.40. The van der Waals surface area contributed by atoms with Crippen LogP contribution in [-0.2, 0) is 9.59 Å². The number of hydrogen-bond acceptors (Lipinski definition) is 3. The summed E-state index contributed by atoms with van der Waals surface area (Å²) < 4.78 is 0. The van der Waals surface area contributed by atoms with Crippen molar-refractivity contribution in [3.63, 3.8) is 0 Å². The zero-order valence-corrected chi connectivity index (χ0v) is 10.7. The van der Waals surface area contributed by atoms with Crippen LogP contribution in [0, 0.1) is 5.92 Å². The van der Waals surface area contributed by atoms with E-state index in [2.05, 4.69) is 5.32 Å². The van der Waals surface area contributed by atoms with E-state index in [9.17, 15) is 9.59 Å². The Balaban J connectivity index is 4.55. The lowest BCUT2D eigenvalue weighted by Gasteiger charge is -2.24. The number of rotatable bonds is 6. The van der Waals surface area contributed by atoms with Gasteiger partial charge < -0.3 is 10.0 Å². The number of carboxylic acid groups (broad SMARTS) is 1. The summed E-state index contributed by atoms with van der Waals surface area (Å²) in [6.07, 6.45) is 0.634. The number of hydrogen-bond donors (Lipinski definition) is 2. The van der Waals surface area contributed by atoms with Crippen LogP contribution < -0.4 is 5.32 Å². The number of carbonyl (C=O) groups excluding carboxylic acids is 1. The zero-order valence-electron chi connectivity index (χ0n) is 10.7. The Kier molecular flexibility index (Phi) is 6.03. The van der Waals surface area contributed by atoms with Gasteiger partial charge in [0.05, 0.1) is 6.04 Å². The van der Waals surface area contributed by atoms with E-state index in [1.54, 1.807) is 21.0 Å². The van der Waals surface area contributed by atoms with Crippen LogP contribution in [0.3, 0.4) is 0 Å². The molecule has 0 spiro atoms. The molecule has 0 rings (SSSR count). The summed E-state index contributed by atoms with van der Waals surface area (Å²) in [5.41, 5.74) is 0. The SMILES string of the molecule is CC(C)CC(NC(C)C(=O)O)C(=O)N(C)C. The zero-order chi connectivity index (χ0) is 12.9. The Morgan fingerprint density at radius 3 is 2.06 bits per heavy atom. The van der Waals surface area contributed by atoms with Crippen molar-refractivity contribution in [3.05, 3.63) is 0 Å². The van der Waals surface area contributed by atoms with E-state index < -0.39 is 18.1 Å². The number of nitrogens with one attached hydrogen (secondary N) is 1. The highest BCUT2D eigenvalue weighted by atomic mass is 16.4. The molecule has 0 saturated carbocycles. The highest BCUT2D eigenvalue weighted by Gasteiger charge is 2.25. The molecule has 2 atom stereocenters. The van der Waals surface area contributed by atoms with Crippen LogP contribution in [-0.4, -0.2) is 48.1 Å². The van der Waals surface area contributed by atoms with Gasteiger partial charge in [-0.3, -0.25) is 14.9 Å². The molecular weight excluding hydrogens is 208 g/mol. The maximum Gasteiger partial charge on any atom is 0.320 e. The van der Waals surface area contributed by atoms with E-state index in [1.807, 2.05) is 13.8 Å². The van der Waals surface area contributed by atoms with Crippen molar-refractivity contribution in [3.8, 4) is 0 Å². The number of aliphatic carboxylic acids is 1. The van der Waals surface area contributed by atoms with E-state index in [1.165, 1.54) is 4.90 Å². The lowest BCUT2D eigenvalue weighted by Crippen LogP contribution is -2.50. The average Bonchev–Trinajstić information content (AvgIpc) is 2.14. The molecule has 0 bridgehead atoms. The minimum Gasteiger partial charge on any atom is -0.480 e. The van der Waals surface area contributed by atoms with Gasteiger partial charge in [-0.05, 0) is 19.3 Å². The van der Waals surface area contributed by atoms with Crippen molar-refractivity contribution in [2.75, 3.05) is 14.1 Å². The Labute approximate surface area is 96.8 Å².